The monoisotopic (exact) mass is 574 g/mol. The molecule has 3 aromatic heterocycles. The summed E-state index contributed by atoms with van der Waals surface area (Å²) in [6.07, 6.45) is 2.16. The van der Waals surface area contributed by atoms with Gasteiger partial charge in [-0.3, -0.25) is 15.0 Å². The molecule has 1 saturated heterocycles. The molecule has 5 rings (SSSR count). The van der Waals surface area contributed by atoms with E-state index in [1.165, 1.54) is 11.3 Å². The van der Waals surface area contributed by atoms with Gasteiger partial charge in [0.25, 0.3) is 5.91 Å². The zero-order valence-corrected chi connectivity index (χ0v) is 25.2. The van der Waals surface area contributed by atoms with Crippen molar-refractivity contribution in [3.63, 3.8) is 0 Å². The molecule has 2 N–H and O–H groups in total. The third-order valence-corrected chi connectivity index (χ3v) is 7.85. The summed E-state index contributed by atoms with van der Waals surface area (Å²) in [4.78, 5) is 29.0. The molecule has 1 amide bonds. The first-order valence-electron chi connectivity index (χ1n) is 13.9. The molecule has 1 aliphatic rings. The summed E-state index contributed by atoms with van der Waals surface area (Å²) in [5.74, 6) is 1.28. The molecule has 41 heavy (non-hydrogen) atoms. The van der Waals surface area contributed by atoms with Crippen molar-refractivity contribution in [1.29, 1.82) is 0 Å². The first-order chi connectivity index (χ1) is 19.7. The number of amides is 1. The first-order valence-corrected chi connectivity index (χ1v) is 14.8. The minimum atomic E-state index is -0.172. The number of nitrogens with zero attached hydrogens (tertiary/aromatic N) is 6. The molecule has 0 radical (unpaired) electrons. The third-order valence-electron chi connectivity index (χ3n) is 7.09. The van der Waals surface area contributed by atoms with E-state index in [9.17, 15) is 4.79 Å². The number of nitrogens with one attached hydrogen (secondary N) is 2. The lowest BCUT2D eigenvalue weighted by Gasteiger charge is -2.26. The zero-order valence-electron chi connectivity index (χ0n) is 24.4. The lowest BCUT2D eigenvalue weighted by Crippen LogP contribution is -2.39. The van der Waals surface area contributed by atoms with Gasteiger partial charge < -0.3 is 10.1 Å². The zero-order chi connectivity index (χ0) is 29.0. The lowest BCUT2D eigenvalue weighted by molar-refractivity contribution is 0.0398. The standard InChI is InChI=1S/C30H38N8O2S/c1-20-6-7-22(28(39)35-29-34-25(18-41-29)30(3,4)5)15-23(20)16-24-14-21(2)36-38(24)27-17-26(32-19-33-27)31-8-9-37-10-12-40-13-11-37/h6-7,14-15,17-19H,8-13,16H2,1-5H3,(H,31,32,33)(H,34,35,39). The van der Waals surface area contributed by atoms with Gasteiger partial charge in [0, 0.05) is 55.0 Å². The highest BCUT2D eigenvalue weighted by molar-refractivity contribution is 7.14. The van der Waals surface area contributed by atoms with Crippen molar-refractivity contribution in [3.05, 3.63) is 75.8 Å². The van der Waals surface area contributed by atoms with Crippen molar-refractivity contribution in [2.24, 2.45) is 0 Å². The van der Waals surface area contributed by atoms with Crippen LogP contribution < -0.4 is 10.6 Å². The van der Waals surface area contributed by atoms with Crippen LogP contribution >= 0.6 is 11.3 Å². The molecule has 0 spiro atoms. The average Bonchev–Trinajstić information content (AvgIpc) is 3.57. The molecular formula is C30H38N8O2S. The molecule has 11 heteroatoms. The van der Waals surface area contributed by atoms with Crippen molar-refractivity contribution >= 4 is 28.2 Å². The van der Waals surface area contributed by atoms with Gasteiger partial charge in [-0.25, -0.2) is 19.6 Å². The van der Waals surface area contributed by atoms with Crippen LogP contribution in [0, 0.1) is 13.8 Å². The van der Waals surface area contributed by atoms with Gasteiger partial charge >= 0.3 is 0 Å². The number of morpholine rings is 1. The Hall–Kier alpha value is -3.67. The second-order valence-corrected chi connectivity index (χ2v) is 12.2. The minimum Gasteiger partial charge on any atom is -0.379 e. The number of carbonyl (C=O) groups is 1. The molecule has 0 atom stereocenters. The van der Waals surface area contributed by atoms with E-state index < -0.39 is 0 Å². The van der Waals surface area contributed by atoms with Gasteiger partial charge in [-0.05, 0) is 43.2 Å². The molecule has 4 heterocycles. The molecule has 216 valence electrons. The summed E-state index contributed by atoms with van der Waals surface area (Å²) in [7, 11) is 0. The van der Waals surface area contributed by atoms with Crippen molar-refractivity contribution in [3.8, 4) is 5.82 Å². The third kappa shape index (κ3) is 7.35. The van der Waals surface area contributed by atoms with Crippen molar-refractivity contribution in [2.75, 3.05) is 50.0 Å². The van der Waals surface area contributed by atoms with Gasteiger partial charge in [-0.2, -0.15) is 5.10 Å². The summed E-state index contributed by atoms with van der Waals surface area (Å²) in [5, 5.41) is 13.7. The highest BCUT2D eigenvalue weighted by Crippen LogP contribution is 2.27. The van der Waals surface area contributed by atoms with E-state index in [4.69, 9.17) is 9.84 Å². The highest BCUT2D eigenvalue weighted by atomic mass is 32.1. The van der Waals surface area contributed by atoms with E-state index in [1.54, 1.807) is 6.33 Å². The fourth-order valence-corrected chi connectivity index (χ4v) is 5.58. The fourth-order valence-electron chi connectivity index (χ4n) is 4.65. The number of anilines is 2. The summed E-state index contributed by atoms with van der Waals surface area (Å²) in [6.45, 7) is 15.6. The number of ether oxygens (including phenoxy) is 1. The predicted molar refractivity (Wildman–Crippen MR) is 162 cm³/mol. The van der Waals surface area contributed by atoms with Crippen molar-refractivity contribution < 1.29 is 9.53 Å². The van der Waals surface area contributed by atoms with E-state index in [0.29, 0.717) is 22.9 Å². The Morgan fingerprint density at radius 2 is 1.90 bits per heavy atom. The van der Waals surface area contributed by atoms with Gasteiger partial charge in [-0.1, -0.05) is 26.8 Å². The summed E-state index contributed by atoms with van der Waals surface area (Å²) < 4.78 is 7.29. The maximum atomic E-state index is 13.1. The van der Waals surface area contributed by atoms with Crippen LogP contribution in [0.15, 0.2) is 42.0 Å². The van der Waals surface area contributed by atoms with Crippen LogP contribution in [0.5, 0.6) is 0 Å². The Labute approximate surface area is 245 Å². The molecule has 0 saturated carbocycles. The number of hydrogen-bond acceptors (Lipinski definition) is 9. The quantitative estimate of drug-likeness (QED) is 0.298. The summed E-state index contributed by atoms with van der Waals surface area (Å²) in [5.41, 5.74) is 5.51. The Morgan fingerprint density at radius 3 is 2.66 bits per heavy atom. The molecule has 0 aliphatic carbocycles. The highest BCUT2D eigenvalue weighted by Gasteiger charge is 2.19. The Kier molecular flexibility index (Phi) is 8.77. The van der Waals surface area contributed by atoms with Crippen LogP contribution in [0.1, 0.15) is 59.3 Å². The van der Waals surface area contributed by atoms with Crippen molar-refractivity contribution in [1.82, 2.24) is 29.6 Å². The SMILES string of the molecule is Cc1cc(Cc2cc(C(=O)Nc3nc(C(C)(C)C)cs3)ccc2C)n(-c2cc(NCCN3CCOCC3)ncn2)n1. The number of hydrogen-bond donors (Lipinski definition) is 2. The molecule has 1 aromatic carbocycles. The number of thiazole rings is 1. The van der Waals surface area contributed by atoms with Crippen molar-refractivity contribution in [2.45, 2.75) is 46.5 Å². The number of aromatic nitrogens is 5. The molecule has 4 aromatic rings. The molecule has 0 bridgehead atoms. The second kappa shape index (κ2) is 12.5. The number of carbonyl (C=O) groups excluding carboxylic acids is 1. The van der Waals surface area contributed by atoms with Gasteiger partial charge in [0.1, 0.15) is 12.1 Å². The second-order valence-electron chi connectivity index (χ2n) is 11.4. The summed E-state index contributed by atoms with van der Waals surface area (Å²) >= 11 is 1.45. The first kappa shape index (κ1) is 28.8. The smallest absolute Gasteiger partial charge is 0.257 e. The van der Waals surface area contributed by atoms with E-state index in [-0.39, 0.29) is 11.3 Å². The summed E-state index contributed by atoms with van der Waals surface area (Å²) in [6, 6.07) is 9.78. The lowest BCUT2D eigenvalue weighted by atomic mass is 9.93. The Balaban J connectivity index is 1.29. The molecular weight excluding hydrogens is 536 g/mol. The maximum absolute atomic E-state index is 13.1. The van der Waals surface area contributed by atoms with E-state index in [0.717, 1.165) is 73.4 Å². The van der Waals surface area contributed by atoms with Crippen LogP contribution in [-0.2, 0) is 16.6 Å². The predicted octanol–water partition coefficient (Wildman–Crippen LogP) is 4.62. The Bertz CT molecular complexity index is 1500. The Morgan fingerprint density at radius 1 is 1.10 bits per heavy atom. The topological polar surface area (TPSA) is 110 Å². The van der Waals surface area contributed by atoms with Crippen LogP contribution in [0.4, 0.5) is 10.9 Å². The van der Waals surface area contributed by atoms with Gasteiger partial charge in [0.2, 0.25) is 0 Å². The van der Waals surface area contributed by atoms with E-state index in [1.807, 2.05) is 41.3 Å². The molecule has 0 unspecified atom stereocenters. The van der Waals surface area contributed by atoms with Crippen LogP contribution in [0.2, 0.25) is 0 Å². The van der Waals surface area contributed by atoms with Gasteiger partial charge in [0.05, 0.1) is 30.3 Å². The number of aryl methyl sites for hydroxylation is 2. The average molecular weight is 575 g/mol. The molecule has 10 nitrogen and oxygen atoms in total. The largest absolute Gasteiger partial charge is 0.379 e. The van der Waals surface area contributed by atoms with Crippen LogP contribution in [0.25, 0.3) is 5.82 Å². The van der Waals surface area contributed by atoms with Crippen LogP contribution in [-0.4, -0.2) is 74.9 Å². The molecule has 1 fully saturated rings. The van der Waals surface area contributed by atoms with Gasteiger partial charge in [0.15, 0.2) is 10.9 Å². The van der Waals surface area contributed by atoms with E-state index in [2.05, 4.69) is 64.2 Å². The van der Waals surface area contributed by atoms with Crippen LogP contribution in [0.3, 0.4) is 0 Å². The van der Waals surface area contributed by atoms with Gasteiger partial charge in [-0.15, -0.1) is 11.3 Å². The fraction of sp³-hybridized carbons (Fsp3) is 0.433. The normalized spacial score (nSPS) is 14.3. The maximum Gasteiger partial charge on any atom is 0.257 e. The molecule has 1 aliphatic heterocycles. The number of benzene rings is 1. The van der Waals surface area contributed by atoms with E-state index >= 15 is 0 Å². The minimum absolute atomic E-state index is 0.0685. The number of rotatable bonds is 9.